The molecule has 0 nitrogen and oxygen atoms in total. The molecule has 0 spiro atoms. The SMILES string of the molecule is [CH](=C\c1ccccc1)/[Pb][c]1ccccc1. The van der Waals surface area contributed by atoms with Crippen molar-refractivity contribution in [1.29, 1.82) is 0 Å². The summed E-state index contributed by atoms with van der Waals surface area (Å²) in [5.41, 5.74) is 1.31. The second-order valence-electron chi connectivity index (χ2n) is 3.25. The van der Waals surface area contributed by atoms with E-state index in [0.717, 1.165) is 0 Å². The number of hydrogen-bond acceptors (Lipinski definition) is 0. The van der Waals surface area contributed by atoms with Crippen LogP contribution >= 0.6 is 0 Å². The monoisotopic (exact) mass is 388 g/mol. The number of hydrogen-bond donors (Lipinski definition) is 0. The zero-order chi connectivity index (χ0) is 10.3. The van der Waals surface area contributed by atoms with Crippen molar-refractivity contribution in [2.45, 2.75) is 0 Å². The Hall–Kier alpha value is -0.898. The molecular weight excluding hydrogens is 375 g/mol. The molecule has 0 aromatic heterocycles. The molecule has 0 saturated carbocycles. The second kappa shape index (κ2) is 5.86. The molecular formula is C14H12Pb. The van der Waals surface area contributed by atoms with E-state index in [1.165, 1.54) is 5.56 Å². The molecule has 0 saturated heterocycles. The Morgan fingerprint density at radius 2 is 1.33 bits per heavy atom. The van der Waals surface area contributed by atoms with E-state index >= 15 is 0 Å². The van der Waals surface area contributed by atoms with Crippen LogP contribution in [-0.4, -0.2) is 24.2 Å². The van der Waals surface area contributed by atoms with Gasteiger partial charge in [-0.2, -0.15) is 0 Å². The van der Waals surface area contributed by atoms with Gasteiger partial charge in [0, 0.05) is 0 Å². The van der Waals surface area contributed by atoms with Crippen molar-refractivity contribution in [3.05, 3.63) is 69.9 Å². The standard InChI is InChI=1S/C8H7.C6H5.Pb/c1-2-8-6-4-3-5-7-8;1-2-4-6-5-3-1;/h1-7H;1-5H;. The van der Waals surface area contributed by atoms with Crippen molar-refractivity contribution in [3.8, 4) is 0 Å². The van der Waals surface area contributed by atoms with Gasteiger partial charge in [-0.25, -0.2) is 0 Å². The quantitative estimate of drug-likeness (QED) is 0.711. The van der Waals surface area contributed by atoms with Gasteiger partial charge < -0.3 is 0 Å². The summed E-state index contributed by atoms with van der Waals surface area (Å²) in [5, 5.41) is 0. The van der Waals surface area contributed by atoms with Crippen molar-refractivity contribution < 1.29 is 0 Å². The molecule has 0 aliphatic rings. The van der Waals surface area contributed by atoms with E-state index in [4.69, 9.17) is 0 Å². The van der Waals surface area contributed by atoms with E-state index in [1.54, 1.807) is 3.12 Å². The first-order valence-electron chi connectivity index (χ1n) is 4.98. The van der Waals surface area contributed by atoms with Crippen LogP contribution in [0, 0.1) is 0 Å². The Balaban J connectivity index is 1.97. The molecule has 0 aliphatic heterocycles. The Labute approximate surface area is 103 Å². The van der Waals surface area contributed by atoms with Crippen LogP contribution in [0.2, 0.25) is 0 Å². The topological polar surface area (TPSA) is 0 Å². The van der Waals surface area contributed by atoms with Crippen LogP contribution in [-0.2, 0) is 0 Å². The normalized spacial score (nSPS) is 10.7. The summed E-state index contributed by atoms with van der Waals surface area (Å²) in [6, 6.07) is 21.3. The third-order valence-corrected chi connectivity index (χ3v) is 5.99. The molecule has 0 N–H and O–H groups in total. The Bertz CT molecular complexity index is 418. The molecule has 72 valence electrons. The molecule has 0 unspecified atom stereocenters. The van der Waals surface area contributed by atoms with Crippen LogP contribution in [0.5, 0.6) is 0 Å². The van der Waals surface area contributed by atoms with E-state index in [-0.39, 0.29) is 0 Å². The van der Waals surface area contributed by atoms with Crippen LogP contribution in [0.3, 0.4) is 0 Å². The fourth-order valence-electron chi connectivity index (χ4n) is 1.33. The van der Waals surface area contributed by atoms with Crippen molar-refractivity contribution in [2.24, 2.45) is 0 Å². The van der Waals surface area contributed by atoms with E-state index in [2.05, 4.69) is 70.4 Å². The van der Waals surface area contributed by atoms with Gasteiger partial charge in [0.15, 0.2) is 0 Å². The van der Waals surface area contributed by atoms with Crippen LogP contribution in [0.25, 0.3) is 6.08 Å². The Morgan fingerprint density at radius 3 is 2.00 bits per heavy atom. The van der Waals surface area contributed by atoms with E-state index in [9.17, 15) is 0 Å². The summed E-state index contributed by atoms with van der Waals surface area (Å²) < 4.78 is 3.94. The molecule has 0 atom stereocenters. The summed E-state index contributed by atoms with van der Waals surface area (Å²) in [6.45, 7) is 0. The molecule has 2 aromatic rings. The van der Waals surface area contributed by atoms with Crippen molar-refractivity contribution >= 4 is 33.4 Å². The third kappa shape index (κ3) is 3.63. The van der Waals surface area contributed by atoms with Gasteiger partial charge in [-0.05, 0) is 0 Å². The van der Waals surface area contributed by atoms with Gasteiger partial charge in [0.25, 0.3) is 0 Å². The first kappa shape index (κ1) is 10.6. The van der Waals surface area contributed by atoms with Gasteiger partial charge in [0.1, 0.15) is 0 Å². The van der Waals surface area contributed by atoms with Crippen LogP contribution in [0.4, 0.5) is 0 Å². The predicted molar refractivity (Wildman–Crippen MR) is 67.3 cm³/mol. The van der Waals surface area contributed by atoms with Gasteiger partial charge in [-0.15, -0.1) is 0 Å². The number of benzene rings is 2. The average Bonchev–Trinajstić information content (AvgIpc) is 2.32. The zero-order valence-corrected chi connectivity index (χ0v) is 12.3. The minimum atomic E-state index is -0.728. The van der Waals surface area contributed by atoms with Gasteiger partial charge in [-0.1, -0.05) is 0 Å². The molecule has 0 aliphatic carbocycles. The summed E-state index contributed by atoms with van der Waals surface area (Å²) in [5.74, 6) is 0. The summed E-state index contributed by atoms with van der Waals surface area (Å²) in [6.07, 6.45) is 2.25. The van der Waals surface area contributed by atoms with E-state index < -0.39 is 24.2 Å². The molecule has 0 heterocycles. The fraction of sp³-hybridized carbons (Fsp3) is 0. The molecule has 2 aromatic carbocycles. The molecule has 0 fully saturated rings. The second-order valence-corrected chi connectivity index (χ2v) is 7.92. The van der Waals surface area contributed by atoms with Gasteiger partial charge >= 0.3 is 103 Å². The van der Waals surface area contributed by atoms with E-state index in [1.807, 2.05) is 0 Å². The minimum absolute atomic E-state index is 0.728. The van der Waals surface area contributed by atoms with Crippen molar-refractivity contribution in [2.75, 3.05) is 0 Å². The summed E-state index contributed by atoms with van der Waals surface area (Å²) in [4.78, 5) is 0. The van der Waals surface area contributed by atoms with Crippen LogP contribution in [0.15, 0.2) is 64.3 Å². The predicted octanol–water partition coefficient (Wildman–Crippen LogP) is 2.69. The third-order valence-electron chi connectivity index (χ3n) is 2.10. The summed E-state index contributed by atoms with van der Waals surface area (Å²) in [7, 11) is 0. The first-order valence-corrected chi connectivity index (χ1v) is 9.17. The average molecular weight is 387 g/mol. The Morgan fingerprint density at radius 1 is 0.733 bits per heavy atom. The van der Waals surface area contributed by atoms with Crippen LogP contribution < -0.4 is 3.12 Å². The van der Waals surface area contributed by atoms with Crippen molar-refractivity contribution in [3.63, 3.8) is 0 Å². The van der Waals surface area contributed by atoms with Gasteiger partial charge in [-0.3, -0.25) is 0 Å². The van der Waals surface area contributed by atoms with E-state index in [0.29, 0.717) is 0 Å². The molecule has 2 rings (SSSR count). The molecule has 1 heteroatoms. The first-order chi connectivity index (χ1) is 7.45. The number of rotatable bonds is 3. The maximum absolute atomic E-state index is 2.39. The zero-order valence-electron chi connectivity index (χ0n) is 8.43. The van der Waals surface area contributed by atoms with Gasteiger partial charge in [0.05, 0.1) is 0 Å². The van der Waals surface area contributed by atoms with Crippen molar-refractivity contribution in [1.82, 2.24) is 0 Å². The maximum atomic E-state index is 2.39. The Kier molecular flexibility index (Phi) is 4.14. The fourth-order valence-corrected chi connectivity index (χ4v) is 4.65. The molecule has 0 bridgehead atoms. The molecule has 15 heavy (non-hydrogen) atoms. The molecule has 2 radical (unpaired) electrons. The summed E-state index contributed by atoms with van der Waals surface area (Å²) >= 11 is -0.728. The van der Waals surface area contributed by atoms with Gasteiger partial charge in [0.2, 0.25) is 0 Å². The molecule has 0 amide bonds. The van der Waals surface area contributed by atoms with Crippen LogP contribution in [0.1, 0.15) is 5.56 Å².